The average Bonchev–Trinajstić information content (AvgIpc) is 2.61. The third-order valence-corrected chi connectivity index (χ3v) is 3.90. The van der Waals surface area contributed by atoms with Crippen molar-refractivity contribution in [1.82, 2.24) is 0 Å². The molecule has 3 aromatic rings. The summed E-state index contributed by atoms with van der Waals surface area (Å²) in [6.45, 7) is 1.77. The summed E-state index contributed by atoms with van der Waals surface area (Å²) in [5, 5.41) is 11.3. The van der Waals surface area contributed by atoms with Crippen LogP contribution in [0.15, 0.2) is 66.7 Å². The highest BCUT2D eigenvalue weighted by Crippen LogP contribution is 2.24. The molecule has 0 bridgehead atoms. The van der Waals surface area contributed by atoms with Crippen molar-refractivity contribution in [3.63, 3.8) is 0 Å². The molecule has 4 nitrogen and oxygen atoms in total. The van der Waals surface area contributed by atoms with Gasteiger partial charge >= 0.3 is 11.9 Å². The number of carboxylic acid groups (broad SMARTS) is 1. The number of aromatic carboxylic acids is 1. The van der Waals surface area contributed by atoms with Crippen LogP contribution >= 0.6 is 0 Å². The number of benzene rings is 3. The van der Waals surface area contributed by atoms with Crippen LogP contribution in [0.4, 0.5) is 0 Å². The van der Waals surface area contributed by atoms with Crippen LogP contribution in [-0.2, 0) is 4.74 Å². The largest absolute Gasteiger partial charge is 0.478 e. The number of ether oxygens (including phenoxy) is 1. The van der Waals surface area contributed by atoms with E-state index in [1.165, 1.54) is 12.1 Å². The van der Waals surface area contributed by atoms with Gasteiger partial charge in [0.25, 0.3) is 0 Å². The molecule has 0 unspecified atom stereocenters. The first-order valence-electron chi connectivity index (χ1n) is 7.58. The van der Waals surface area contributed by atoms with Gasteiger partial charge in [-0.2, -0.15) is 0 Å². The molecule has 1 atom stereocenters. The molecular formula is C20H16O4. The van der Waals surface area contributed by atoms with E-state index in [0.29, 0.717) is 0 Å². The Morgan fingerprint density at radius 2 is 1.50 bits per heavy atom. The zero-order chi connectivity index (χ0) is 17.1. The maximum Gasteiger partial charge on any atom is 0.339 e. The molecule has 0 saturated heterocycles. The van der Waals surface area contributed by atoms with Gasteiger partial charge in [-0.1, -0.05) is 48.5 Å². The molecule has 0 radical (unpaired) electrons. The average molecular weight is 320 g/mol. The molecule has 0 heterocycles. The van der Waals surface area contributed by atoms with E-state index in [4.69, 9.17) is 4.74 Å². The van der Waals surface area contributed by atoms with Crippen LogP contribution in [-0.4, -0.2) is 17.0 Å². The second-order valence-corrected chi connectivity index (χ2v) is 5.50. The number of carboxylic acids is 1. The number of fused-ring (bicyclic) bond motifs is 1. The van der Waals surface area contributed by atoms with E-state index in [1.54, 1.807) is 19.1 Å². The molecule has 1 N–H and O–H groups in total. The topological polar surface area (TPSA) is 63.6 Å². The van der Waals surface area contributed by atoms with Gasteiger partial charge in [0.15, 0.2) is 0 Å². The van der Waals surface area contributed by atoms with E-state index in [2.05, 4.69) is 0 Å². The zero-order valence-electron chi connectivity index (χ0n) is 13.1. The van der Waals surface area contributed by atoms with E-state index in [-0.39, 0.29) is 11.1 Å². The minimum absolute atomic E-state index is 0.0534. The van der Waals surface area contributed by atoms with E-state index >= 15 is 0 Å². The first-order chi connectivity index (χ1) is 11.6. The fourth-order valence-electron chi connectivity index (χ4n) is 2.60. The monoisotopic (exact) mass is 320 g/mol. The van der Waals surface area contributed by atoms with Gasteiger partial charge in [-0.3, -0.25) is 0 Å². The summed E-state index contributed by atoms with van der Waals surface area (Å²) in [5.41, 5.74) is 0.848. The summed E-state index contributed by atoms with van der Waals surface area (Å²) >= 11 is 0. The zero-order valence-corrected chi connectivity index (χ0v) is 13.1. The van der Waals surface area contributed by atoms with Crippen molar-refractivity contribution >= 4 is 22.7 Å². The van der Waals surface area contributed by atoms with E-state index in [1.807, 2.05) is 42.5 Å². The van der Waals surface area contributed by atoms with Gasteiger partial charge in [0.1, 0.15) is 6.10 Å². The van der Waals surface area contributed by atoms with Gasteiger partial charge in [-0.05, 0) is 41.5 Å². The van der Waals surface area contributed by atoms with E-state index < -0.39 is 18.0 Å². The molecule has 0 aliphatic heterocycles. The number of esters is 1. The second kappa shape index (κ2) is 6.54. The smallest absolute Gasteiger partial charge is 0.339 e. The Labute approximate surface area is 139 Å². The third kappa shape index (κ3) is 3.13. The molecule has 0 spiro atoms. The van der Waals surface area contributed by atoms with Crippen LogP contribution in [0.25, 0.3) is 10.8 Å². The molecule has 3 rings (SSSR count). The van der Waals surface area contributed by atoms with Crippen molar-refractivity contribution in [2.45, 2.75) is 13.0 Å². The van der Waals surface area contributed by atoms with Gasteiger partial charge in [-0.15, -0.1) is 0 Å². The molecular weight excluding hydrogens is 304 g/mol. The van der Waals surface area contributed by atoms with Crippen LogP contribution in [0.5, 0.6) is 0 Å². The molecule has 0 saturated carbocycles. The van der Waals surface area contributed by atoms with Crippen molar-refractivity contribution in [3.8, 4) is 0 Å². The van der Waals surface area contributed by atoms with Gasteiger partial charge in [0.2, 0.25) is 0 Å². The predicted octanol–water partition coefficient (Wildman–Crippen LogP) is 4.46. The van der Waals surface area contributed by atoms with E-state index in [0.717, 1.165) is 16.3 Å². The fraction of sp³-hybridized carbons (Fsp3) is 0.100. The molecule has 0 amide bonds. The summed E-state index contributed by atoms with van der Waals surface area (Å²) in [4.78, 5) is 23.6. The predicted molar refractivity (Wildman–Crippen MR) is 91.2 cm³/mol. The number of hydrogen-bond donors (Lipinski definition) is 1. The first kappa shape index (κ1) is 15.7. The number of rotatable bonds is 4. The lowest BCUT2D eigenvalue weighted by Crippen LogP contribution is -2.13. The van der Waals surface area contributed by atoms with Crippen LogP contribution in [0.3, 0.4) is 0 Å². The Morgan fingerprint density at radius 1 is 0.875 bits per heavy atom. The van der Waals surface area contributed by atoms with Crippen molar-refractivity contribution < 1.29 is 19.4 Å². The summed E-state index contributed by atoms with van der Waals surface area (Å²) in [6.07, 6.45) is -0.482. The Balaban J connectivity index is 1.84. The highest BCUT2D eigenvalue weighted by atomic mass is 16.5. The van der Waals surface area contributed by atoms with Crippen molar-refractivity contribution in [3.05, 3.63) is 83.4 Å². The summed E-state index contributed by atoms with van der Waals surface area (Å²) in [5.74, 6) is -1.80. The number of carbonyl (C=O) groups excluding carboxylic acids is 1. The Bertz CT molecular complexity index is 914. The highest BCUT2D eigenvalue weighted by molar-refractivity contribution is 6.02. The Hall–Kier alpha value is -3.14. The van der Waals surface area contributed by atoms with Gasteiger partial charge in [-0.25, -0.2) is 9.59 Å². The minimum atomic E-state index is -1.15. The van der Waals surface area contributed by atoms with E-state index in [9.17, 15) is 14.7 Å². The lowest BCUT2D eigenvalue weighted by atomic mass is 10.0. The van der Waals surface area contributed by atoms with Crippen LogP contribution in [0.1, 0.15) is 39.3 Å². The SMILES string of the molecule is C[C@H](OC(=O)c1ccccc1C(=O)O)c1ccc2ccccc2c1. The second-order valence-electron chi connectivity index (χ2n) is 5.50. The van der Waals surface area contributed by atoms with Crippen LogP contribution < -0.4 is 0 Å². The van der Waals surface area contributed by atoms with Gasteiger partial charge in [0.05, 0.1) is 11.1 Å². The van der Waals surface area contributed by atoms with Gasteiger partial charge < -0.3 is 9.84 Å². The standard InChI is InChI=1S/C20H16O4/c1-13(15-11-10-14-6-2-3-7-16(14)12-15)24-20(23)18-9-5-4-8-17(18)19(21)22/h2-13H,1H3,(H,21,22)/t13-/m0/s1. The lowest BCUT2D eigenvalue weighted by Gasteiger charge is -2.15. The van der Waals surface area contributed by atoms with Crippen LogP contribution in [0.2, 0.25) is 0 Å². The molecule has 0 fully saturated rings. The normalized spacial score (nSPS) is 11.9. The molecule has 0 aliphatic carbocycles. The number of carbonyl (C=O) groups is 2. The lowest BCUT2D eigenvalue weighted by molar-refractivity contribution is 0.0332. The molecule has 24 heavy (non-hydrogen) atoms. The van der Waals surface area contributed by atoms with Crippen molar-refractivity contribution in [2.75, 3.05) is 0 Å². The Kier molecular flexibility index (Phi) is 4.29. The first-order valence-corrected chi connectivity index (χ1v) is 7.58. The third-order valence-electron chi connectivity index (χ3n) is 3.90. The van der Waals surface area contributed by atoms with Crippen molar-refractivity contribution in [1.29, 1.82) is 0 Å². The molecule has 0 aliphatic rings. The maximum atomic E-state index is 12.3. The summed E-state index contributed by atoms with van der Waals surface area (Å²) in [7, 11) is 0. The molecule has 120 valence electrons. The minimum Gasteiger partial charge on any atom is -0.478 e. The van der Waals surface area contributed by atoms with Crippen LogP contribution in [0, 0.1) is 0 Å². The van der Waals surface area contributed by atoms with Crippen molar-refractivity contribution in [2.24, 2.45) is 0 Å². The summed E-state index contributed by atoms with van der Waals surface area (Å²) in [6, 6.07) is 19.8. The quantitative estimate of drug-likeness (QED) is 0.721. The Morgan fingerprint density at radius 3 is 2.21 bits per heavy atom. The molecule has 3 aromatic carbocycles. The molecule has 0 aromatic heterocycles. The fourth-order valence-corrected chi connectivity index (χ4v) is 2.60. The maximum absolute atomic E-state index is 12.3. The molecule has 4 heteroatoms. The van der Waals surface area contributed by atoms with Gasteiger partial charge in [0, 0.05) is 0 Å². The number of hydrogen-bond acceptors (Lipinski definition) is 3. The summed E-state index contributed by atoms with van der Waals surface area (Å²) < 4.78 is 5.46. The highest BCUT2D eigenvalue weighted by Gasteiger charge is 2.19.